The summed E-state index contributed by atoms with van der Waals surface area (Å²) in [5.41, 5.74) is 0. The lowest BCUT2D eigenvalue weighted by molar-refractivity contribution is 0.402. The van der Waals surface area contributed by atoms with Crippen molar-refractivity contribution < 1.29 is 9.59 Å². The minimum absolute atomic E-state index is 0.158. The van der Waals surface area contributed by atoms with Gasteiger partial charge in [0.15, 0.2) is 0 Å². The van der Waals surface area contributed by atoms with Crippen molar-refractivity contribution in [2.75, 3.05) is 0 Å². The Hall–Kier alpha value is -1.24. The van der Waals surface area contributed by atoms with E-state index in [1.165, 1.54) is 12.8 Å². The topological polar surface area (TPSA) is 58.9 Å². The maximum atomic E-state index is 10.2. The van der Waals surface area contributed by atoms with Crippen molar-refractivity contribution in [1.82, 2.24) is 0 Å². The third-order valence-electron chi connectivity index (χ3n) is 2.63. The van der Waals surface area contributed by atoms with Crippen LogP contribution in [0.5, 0.6) is 0 Å². The minimum atomic E-state index is -0.158. The monoisotopic (exact) mass is 194 g/mol. The van der Waals surface area contributed by atoms with Gasteiger partial charge in [0.25, 0.3) is 0 Å². The molecule has 0 amide bonds. The van der Waals surface area contributed by atoms with Crippen LogP contribution in [0.25, 0.3) is 0 Å². The van der Waals surface area contributed by atoms with E-state index in [0.29, 0.717) is 0 Å². The van der Waals surface area contributed by atoms with Gasteiger partial charge in [-0.25, -0.2) is 19.6 Å². The van der Waals surface area contributed by atoms with Gasteiger partial charge in [0.2, 0.25) is 12.2 Å². The molecule has 0 aliphatic heterocycles. The van der Waals surface area contributed by atoms with E-state index in [9.17, 15) is 9.59 Å². The van der Waals surface area contributed by atoms with E-state index in [2.05, 4.69) is 9.98 Å². The summed E-state index contributed by atoms with van der Waals surface area (Å²) in [5.74, 6) is 0. The predicted octanol–water partition coefficient (Wildman–Crippen LogP) is 1.75. The second-order valence-electron chi connectivity index (χ2n) is 3.57. The first-order chi connectivity index (χ1) is 6.88. The van der Waals surface area contributed by atoms with Gasteiger partial charge in [0.05, 0.1) is 12.1 Å². The summed E-state index contributed by atoms with van der Waals surface area (Å²) in [6.45, 7) is 0. The molecule has 0 heterocycles. The van der Waals surface area contributed by atoms with Gasteiger partial charge in [-0.3, -0.25) is 0 Å². The predicted molar refractivity (Wildman–Crippen MR) is 51.5 cm³/mol. The quantitative estimate of drug-likeness (QED) is 0.496. The van der Waals surface area contributed by atoms with Crippen molar-refractivity contribution in [1.29, 1.82) is 0 Å². The largest absolute Gasteiger partial charge is 0.235 e. The van der Waals surface area contributed by atoms with Crippen molar-refractivity contribution in [3.8, 4) is 0 Å². The van der Waals surface area contributed by atoms with Crippen LogP contribution in [0.3, 0.4) is 0 Å². The van der Waals surface area contributed by atoms with Gasteiger partial charge in [-0.05, 0) is 12.8 Å². The zero-order valence-corrected chi connectivity index (χ0v) is 8.11. The second-order valence-corrected chi connectivity index (χ2v) is 3.57. The SMILES string of the molecule is O=C=NC1CCCCCCC1N=C=O. The summed E-state index contributed by atoms with van der Waals surface area (Å²) >= 11 is 0. The van der Waals surface area contributed by atoms with Crippen LogP contribution in [0.15, 0.2) is 9.98 Å². The van der Waals surface area contributed by atoms with E-state index in [1.807, 2.05) is 0 Å². The van der Waals surface area contributed by atoms with Crippen LogP contribution < -0.4 is 0 Å². The maximum absolute atomic E-state index is 10.2. The molecular formula is C10H14N2O2. The van der Waals surface area contributed by atoms with Gasteiger partial charge in [0.1, 0.15) is 0 Å². The number of nitrogens with zero attached hydrogens (tertiary/aromatic N) is 2. The second kappa shape index (κ2) is 6.25. The molecule has 1 rings (SSSR count). The average molecular weight is 194 g/mol. The highest BCUT2D eigenvalue weighted by atomic mass is 16.1. The summed E-state index contributed by atoms with van der Waals surface area (Å²) in [6.07, 6.45) is 9.19. The zero-order valence-electron chi connectivity index (χ0n) is 8.11. The first kappa shape index (κ1) is 10.8. The van der Waals surface area contributed by atoms with E-state index in [-0.39, 0.29) is 12.1 Å². The van der Waals surface area contributed by atoms with Crippen LogP contribution in [0.4, 0.5) is 0 Å². The molecule has 1 fully saturated rings. The van der Waals surface area contributed by atoms with Crippen LogP contribution >= 0.6 is 0 Å². The van der Waals surface area contributed by atoms with Gasteiger partial charge < -0.3 is 0 Å². The standard InChI is InChI=1S/C10H14N2O2/c13-7-11-9-5-3-1-2-4-6-10(9)12-8-14/h9-10H,1-6H2. The van der Waals surface area contributed by atoms with Gasteiger partial charge in [0, 0.05) is 0 Å². The van der Waals surface area contributed by atoms with Crippen LogP contribution in [0.1, 0.15) is 38.5 Å². The molecule has 76 valence electrons. The summed E-state index contributed by atoms with van der Waals surface area (Å²) in [6, 6.07) is -0.316. The molecule has 4 heteroatoms. The Bertz CT molecular complexity index is 237. The number of carbonyl (C=O) groups excluding carboxylic acids is 2. The van der Waals surface area contributed by atoms with Crippen molar-refractivity contribution in [3.05, 3.63) is 0 Å². The smallest absolute Gasteiger partial charge is 0.211 e. The summed E-state index contributed by atoms with van der Waals surface area (Å²) in [5, 5.41) is 0. The first-order valence-corrected chi connectivity index (χ1v) is 5.02. The minimum Gasteiger partial charge on any atom is -0.211 e. The van der Waals surface area contributed by atoms with Gasteiger partial charge in [-0.1, -0.05) is 25.7 Å². The lowest BCUT2D eigenvalue weighted by Gasteiger charge is -2.20. The highest BCUT2D eigenvalue weighted by Gasteiger charge is 2.21. The van der Waals surface area contributed by atoms with Crippen molar-refractivity contribution in [2.45, 2.75) is 50.6 Å². The molecule has 1 aliphatic rings. The van der Waals surface area contributed by atoms with Gasteiger partial charge in [-0.2, -0.15) is 0 Å². The molecule has 1 aliphatic carbocycles. The molecule has 0 aromatic rings. The van der Waals surface area contributed by atoms with Gasteiger partial charge in [-0.15, -0.1) is 0 Å². The highest BCUT2D eigenvalue weighted by molar-refractivity contribution is 5.36. The molecule has 2 unspecified atom stereocenters. The molecule has 0 spiro atoms. The summed E-state index contributed by atoms with van der Waals surface area (Å²) in [4.78, 5) is 27.8. The third kappa shape index (κ3) is 3.25. The molecule has 0 radical (unpaired) electrons. The fraction of sp³-hybridized carbons (Fsp3) is 0.800. The van der Waals surface area contributed by atoms with Gasteiger partial charge >= 0.3 is 0 Å². The van der Waals surface area contributed by atoms with E-state index in [4.69, 9.17) is 0 Å². The van der Waals surface area contributed by atoms with Crippen LogP contribution in [0.2, 0.25) is 0 Å². The van der Waals surface area contributed by atoms with Crippen LogP contribution in [-0.2, 0) is 9.59 Å². The highest BCUT2D eigenvalue weighted by Crippen LogP contribution is 2.21. The number of hydrogen-bond acceptors (Lipinski definition) is 4. The Morgan fingerprint density at radius 3 is 1.57 bits per heavy atom. The molecule has 0 N–H and O–H groups in total. The number of isocyanates is 2. The van der Waals surface area contributed by atoms with Crippen molar-refractivity contribution in [2.24, 2.45) is 9.98 Å². The Morgan fingerprint density at radius 1 is 0.786 bits per heavy atom. The molecule has 14 heavy (non-hydrogen) atoms. The van der Waals surface area contributed by atoms with E-state index < -0.39 is 0 Å². The molecule has 1 saturated carbocycles. The fourth-order valence-corrected chi connectivity index (χ4v) is 1.88. The Balaban J connectivity index is 2.69. The fourth-order valence-electron chi connectivity index (χ4n) is 1.88. The first-order valence-electron chi connectivity index (χ1n) is 5.02. The number of rotatable bonds is 2. The van der Waals surface area contributed by atoms with E-state index in [1.54, 1.807) is 12.2 Å². The molecule has 0 aromatic carbocycles. The van der Waals surface area contributed by atoms with Crippen LogP contribution in [-0.4, -0.2) is 24.2 Å². The zero-order chi connectivity index (χ0) is 10.2. The lowest BCUT2D eigenvalue weighted by atomic mass is 9.93. The molecule has 4 nitrogen and oxygen atoms in total. The number of hydrogen-bond donors (Lipinski definition) is 0. The van der Waals surface area contributed by atoms with E-state index in [0.717, 1.165) is 25.7 Å². The molecule has 0 saturated heterocycles. The maximum Gasteiger partial charge on any atom is 0.235 e. The Kier molecular flexibility index (Phi) is 4.84. The lowest BCUT2D eigenvalue weighted by Crippen LogP contribution is -2.24. The number of aliphatic imine (C=N–C) groups is 2. The molecular weight excluding hydrogens is 180 g/mol. The summed E-state index contributed by atoms with van der Waals surface area (Å²) in [7, 11) is 0. The summed E-state index contributed by atoms with van der Waals surface area (Å²) < 4.78 is 0. The Morgan fingerprint density at radius 2 is 1.21 bits per heavy atom. The van der Waals surface area contributed by atoms with E-state index >= 15 is 0 Å². The molecule has 0 aromatic heterocycles. The third-order valence-corrected chi connectivity index (χ3v) is 2.63. The average Bonchev–Trinajstić information content (AvgIpc) is 2.16. The Labute approximate surface area is 83.1 Å². The molecule has 0 bridgehead atoms. The van der Waals surface area contributed by atoms with Crippen LogP contribution in [0, 0.1) is 0 Å². The van der Waals surface area contributed by atoms with Crippen molar-refractivity contribution in [3.63, 3.8) is 0 Å². The molecule has 2 atom stereocenters. The normalized spacial score (nSPS) is 27.7. The van der Waals surface area contributed by atoms with Crippen molar-refractivity contribution >= 4 is 12.2 Å².